The van der Waals surface area contributed by atoms with Crippen LogP contribution in [0.5, 0.6) is 0 Å². The summed E-state index contributed by atoms with van der Waals surface area (Å²) in [5, 5.41) is 8.54. The number of hydrogen-bond donors (Lipinski definition) is 1. The van der Waals surface area contributed by atoms with Crippen LogP contribution >= 0.6 is 0 Å². The van der Waals surface area contributed by atoms with E-state index in [0.717, 1.165) is 40.9 Å². The number of anilines is 1. The van der Waals surface area contributed by atoms with E-state index in [1.807, 2.05) is 42.8 Å². The van der Waals surface area contributed by atoms with Crippen molar-refractivity contribution in [1.82, 2.24) is 14.8 Å². The molecular formula is C20H20N4O2. The Morgan fingerprint density at radius 1 is 1.31 bits per heavy atom. The Hall–Kier alpha value is -2.99. The molecule has 6 heteroatoms. The summed E-state index contributed by atoms with van der Waals surface area (Å²) < 4.78 is 7.50. The Bertz CT molecular complexity index is 1000. The lowest BCUT2D eigenvalue weighted by Crippen LogP contribution is -2.25. The van der Waals surface area contributed by atoms with E-state index in [-0.39, 0.29) is 12.1 Å². The van der Waals surface area contributed by atoms with Crippen LogP contribution in [-0.4, -0.2) is 27.3 Å². The van der Waals surface area contributed by atoms with Crippen molar-refractivity contribution in [3.05, 3.63) is 59.6 Å². The Labute approximate surface area is 151 Å². The van der Waals surface area contributed by atoms with Crippen LogP contribution in [0.3, 0.4) is 0 Å². The summed E-state index contributed by atoms with van der Waals surface area (Å²) in [6.07, 6.45) is 6.02. The third-order valence-electron chi connectivity index (χ3n) is 4.56. The average Bonchev–Trinajstić information content (AvgIpc) is 2.90. The smallest absolute Gasteiger partial charge is 0.248 e. The molecule has 0 radical (unpaired) electrons. The summed E-state index contributed by atoms with van der Waals surface area (Å²) in [6.45, 7) is 4.63. The first-order chi connectivity index (χ1) is 12.6. The van der Waals surface area contributed by atoms with E-state index in [9.17, 15) is 4.79 Å². The van der Waals surface area contributed by atoms with Gasteiger partial charge in [-0.05, 0) is 43.7 Å². The number of ether oxygens (including phenoxy) is 1. The molecule has 4 rings (SSSR count). The molecule has 1 fully saturated rings. The van der Waals surface area contributed by atoms with Crippen LogP contribution in [0.15, 0.2) is 42.6 Å². The van der Waals surface area contributed by atoms with Crippen molar-refractivity contribution >= 4 is 28.6 Å². The number of carbonyl (C=O) groups is 1. The number of aryl methyl sites for hydroxylation is 2. The van der Waals surface area contributed by atoms with Gasteiger partial charge in [-0.15, -0.1) is 0 Å². The number of hydrogen-bond acceptors (Lipinski definition) is 4. The number of rotatable bonds is 4. The number of pyridine rings is 1. The maximum Gasteiger partial charge on any atom is 0.248 e. The second-order valence-corrected chi connectivity index (χ2v) is 6.38. The molecule has 6 nitrogen and oxygen atoms in total. The van der Waals surface area contributed by atoms with Crippen LogP contribution in [0.2, 0.25) is 0 Å². The van der Waals surface area contributed by atoms with Gasteiger partial charge in [0.25, 0.3) is 0 Å². The highest BCUT2D eigenvalue weighted by Gasteiger charge is 2.23. The van der Waals surface area contributed by atoms with Gasteiger partial charge in [0, 0.05) is 24.1 Å². The van der Waals surface area contributed by atoms with Crippen molar-refractivity contribution in [2.45, 2.75) is 26.5 Å². The molecular weight excluding hydrogens is 328 g/mol. The molecule has 1 unspecified atom stereocenters. The van der Waals surface area contributed by atoms with Crippen LogP contribution in [-0.2, 0) is 9.53 Å². The summed E-state index contributed by atoms with van der Waals surface area (Å²) >= 11 is 0. The molecule has 0 bridgehead atoms. The molecule has 1 N–H and O–H groups in total. The second-order valence-electron chi connectivity index (χ2n) is 6.38. The molecule has 1 aliphatic rings. The largest absolute Gasteiger partial charge is 0.356 e. The van der Waals surface area contributed by atoms with E-state index in [1.54, 1.807) is 18.3 Å². The van der Waals surface area contributed by atoms with Crippen LogP contribution in [0.4, 0.5) is 5.69 Å². The summed E-state index contributed by atoms with van der Waals surface area (Å²) in [5.41, 5.74) is 4.45. The van der Waals surface area contributed by atoms with E-state index in [2.05, 4.69) is 15.4 Å². The van der Waals surface area contributed by atoms with Gasteiger partial charge in [-0.1, -0.05) is 12.1 Å². The van der Waals surface area contributed by atoms with Crippen molar-refractivity contribution < 1.29 is 9.53 Å². The highest BCUT2D eigenvalue weighted by molar-refractivity contribution is 6.02. The topological polar surface area (TPSA) is 69.0 Å². The minimum absolute atomic E-state index is 0.0160. The number of nitrogens with zero attached hydrogens (tertiary/aromatic N) is 3. The summed E-state index contributed by atoms with van der Waals surface area (Å²) in [4.78, 5) is 16.3. The van der Waals surface area contributed by atoms with Crippen molar-refractivity contribution in [2.75, 3.05) is 11.9 Å². The Kier molecular flexibility index (Phi) is 4.26. The molecule has 1 amide bonds. The SMILES string of the molecule is Cc1ncccc1NC(=O)/C=C/c1ccc2c(C)nn(C3CCO3)c2c1. The van der Waals surface area contributed by atoms with E-state index in [4.69, 9.17) is 4.74 Å². The molecule has 1 aromatic carbocycles. The Balaban J connectivity index is 1.56. The first-order valence-corrected chi connectivity index (χ1v) is 8.63. The fourth-order valence-electron chi connectivity index (χ4n) is 3.02. The highest BCUT2D eigenvalue weighted by atomic mass is 16.5. The number of amides is 1. The zero-order valence-corrected chi connectivity index (χ0v) is 14.8. The quantitative estimate of drug-likeness (QED) is 0.731. The van der Waals surface area contributed by atoms with Crippen molar-refractivity contribution in [1.29, 1.82) is 0 Å². The number of nitrogens with one attached hydrogen (secondary N) is 1. The average molecular weight is 348 g/mol. The Morgan fingerprint density at radius 3 is 2.88 bits per heavy atom. The predicted molar refractivity (Wildman–Crippen MR) is 101 cm³/mol. The minimum atomic E-state index is -0.187. The molecule has 26 heavy (non-hydrogen) atoms. The zero-order valence-electron chi connectivity index (χ0n) is 14.8. The van der Waals surface area contributed by atoms with Crippen molar-refractivity contribution in [3.63, 3.8) is 0 Å². The third kappa shape index (κ3) is 3.11. The molecule has 1 saturated heterocycles. The van der Waals surface area contributed by atoms with Crippen LogP contribution in [0, 0.1) is 13.8 Å². The van der Waals surface area contributed by atoms with Gasteiger partial charge >= 0.3 is 0 Å². The maximum absolute atomic E-state index is 12.2. The van der Waals surface area contributed by atoms with Gasteiger partial charge < -0.3 is 10.1 Å². The van der Waals surface area contributed by atoms with Gasteiger partial charge in [0.05, 0.1) is 29.2 Å². The standard InChI is InChI=1S/C20H20N4O2/c1-13-16-7-5-15(12-18(16)24(23-13)20-9-11-26-20)6-8-19(25)22-17-4-3-10-21-14(17)2/h3-8,10,12,20H,9,11H2,1-2H3,(H,22,25)/b8-6+. The lowest BCUT2D eigenvalue weighted by atomic mass is 10.1. The fraction of sp³-hybridized carbons (Fsp3) is 0.250. The first kappa shape index (κ1) is 16.5. The molecule has 1 aliphatic heterocycles. The van der Waals surface area contributed by atoms with Crippen molar-refractivity contribution in [2.24, 2.45) is 0 Å². The van der Waals surface area contributed by atoms with E-state index in [1.165, 1.54) is 6.08 Å². The zero-order chi connectivity index (χ0) is 18.1. The van der Waals surface area contributed by atoms with Gasteiger partial charge in [-0.2, -0.15) is 5.10 Å². The minimum Gasteiger partial charge on any atom is -0.356 e. The number of fused-ring (bicyclic) bond motifs is 1. The molecule has 0 aliphatic carbocycles. The predicted octanol–water partition coefficient (Wildman–Crippen LogP) is 3.62. The third-order valence-corrected chi connectivity index (χ3v) is 4.56. The molecule has 3 aromatic rings. The molecule has 1 atom stereocenters. The summed E-state index contributed by atoms with van der Waals surface area (Å²) in [6, 6.07) is 9.69. The summed E-state index contributed by atoms with van der Waals surface area (Å²) in [5.74, 6) is -0.187. The summed E-state index contributed by atoms with van der Waals surface area (Å²) in [7, 11) is 0. The Morgan fingerprint density at radius 2 is 2.15 bits per heavy atom. The molecule has 2 aromatic heterocycles. The molecule has 3 heterocycles. The molecule has 0 saturated carbocycles. The van der Waals surface area contributed by atoms with E-state index < -0.39 is 0 Å². The molecule has 132 valence electrons. The van der Waals surface area contributed by atoms with Crippen LogP contribution < -0.4 is 5.32 Å². The second kappa shape index (κ2) is 6.72. The highest BCUT2D eigenvalue weighted by Crippen LogP contribution is 2.29. The normalized spacial score (nSPS) is 16.8. The number of benzene rings is 1. The molecule has 0 spiro atoms. The first-order valence-electron chi connectivity index (χ1n) is 8.63. The maximum atomic E-state index is 12.2. The van der Waals surface area contributed by atoms with Gasteiger partial charge in [-0.25, -0.2) is 4.68 Å². The number of aromatic nitrogens is 3. The monoisotopic (exact) mass is 348 g/mol. The lowest BCUT2D eigenvalue weighted by Gasteiger charge is -2.27. The van der Waals surface area contributed by atoms with Gasteiger partial charge in [0.2, 0.25) is 5.91 Å². The van der Waals surface area contributed by atoms with Gasteiger partial charge in [-0.3, -0.25) is 9.78 Å². The van der Waals surface area contributed by atoms with Crippen LogP contribution in [0.1, 0.15) is 29.6 Å². The van der Waals surface area contributed by atoms with E-state index in [0.29, 0.717) is 5.69 Å². The van der Waals surface area contributed by atoms with Crippen molar-refractivity contribution in [3.8, 4) is 0 Å². The number of carbonyl (C=O) groups excluding carboxylic acids is 1. The van der Waals surface area contributed by atoms with Gasteiger partial charge in [0.1, 0.15) is 0 Å². The van der Waals surface area contributed by atoms with Crippen LogP contribution in [0.25, 0.3) is 17.0 Å². The lowest BCUT2D eigenvalue weighted by molar-refractivity contribution is -0.111. The fourth-order valence-corrected chi connectivity index (χ4v) is 3.02. The van der Waals surface area contributed by atoms with Gasteiger partial charge in [0.15, 0.2) is 6.23 Å². The van der Waals surface area contributed by atoms with E-state index >= 15 is 0 Å².